The van der Waals surface area contributed by atoms with Gasteiger partial charge in [-0.25, -0.2) is 0 Å². The largest absolute Gasteiger partial charge is 0.339 e. The number of benzene rings is 1. The van der Waals surface area contributed by atoms with Gasteiger partial charge in [0.05, 0.1) is 6.42 Å². The third kappa shape index (κ3) is 3.55. The molecule has 0 spiro atoms. The number of piperidine rings is 1. The zero-order valence-electron chi connectivity index (χ0n) is 16.5. The number of carbonyl (C=O) groups excluding carboxylic acids is 1. The third-order valence-electron chi connectivity index (χ3n) is 6.19. The number of aromatic nitrogens is 3. The Morgan fingerprint density at radius 1 is 1.14 bits per heavy atom. The Hall–Kier alpha value is -3.02. The molecule has 0 aliphatic carbocycles. The molecule has 3 atom stereocenters. The van der Waals surface area contributed by atoms with Gasteiger partial charge in [0.15, 0.2) is 0 Å². The third-order valence-corrected chi connectivity index (χ3v) is 6.19. The minimum atomic E-state index is 0.221. The fourth-order valence-corrected chi connectivity index (χ4v) is 4.89. The molecule has 148 valence electrons. The van der Waals surface area contributed by atoms with E-state index in [-0.39, 0.29) is 23.9 Å². The molecule has 3 aromatic rings. The van der Waals surface area contributed by atoms with Crippen molar-refractivity contribution in [3.8, 4) is 11.4 Å². The van der Waals surface area contributed by atoms with Crippen molar-refractivity contribution in [2.75, 3.05) is 0 Å². The molecule has 2 aliphatic heterocycles. The van der Waals surface area contributed by atoms with Gasteiger partial charge in [-0.2, -0.15) is 4.98 Å². The van der Waals surface area contributed by atoms with Crippen LogP contribution in [0.5, 0.6) is 0 Å². The number of amides is 1. The molecule has 5 rings (SSSR count). The summed E-state index contributed by atoms with van der Waals surface area (Å²) in [6, 6.07) is 12.5. The van der Waals surface area contributed by atoms with Gasteiger partial charge in [-0.1, -0.05) is 35.0 Å². The molecule has 2 bridgehead atoms. The average molecular weight is 388 g/mol. The first-order valence-corrected chi connectivity index (χ1v) is 10.3. The van der Waals surface area contributed by atoms with Crippen molar-refractivity contribution in [1.29, 1.82) is 0 Å². The predicted molar refractivity (Wildman–Crippen MR) is 108 cm³/mol. The smallest absolute Gasteiger partial charge is 0.230 e. The van der Waals surface area contributed by atoms with Crippen LogP contribution in [0.3, 0.4) is 0 Å². The topological polar surface area (TPSA) is 72.1 Å². The van der Waals surface area contributed by atoms with Gasteiger partial charge in [-0.15, -0.1) is 0 Å². The lowest BCUT2D eigenvalue weighted by atomic mass is 9.90. The first-order valence-electron chi connectivity index (χ1n) is 10.3. The molecule has 2 saturated heterocycles. The molecule has 4 heterocycles. The highest BCUT2D eigenvalue weighted by Crippen LogP contribution is 2.43. The minimum Gasteiger partial charge on any atom is -0.339 e. The molecule has 0 saturated carbocycles. The number of nitrogens with zero attached hydrogens (tertiary/aromatic N) is 4. The van der Waals surface area contributed by atoms with E-state index in [9.17, 15) is 4.79 Å². The molecule has 0 N–H and O–H groups in total. The maximum absolute atomic E-state index is 13.0. The average Bonchev–Trinajstić information content (AvgIpc) is 3.32. The summed E-state index contributed by atoms with van der Waals surface area (Å²) >= 11 is 0. The predicted octanol–water partition coefficient (Wildman–Crippen LogP) is 3.92. The molecule has 6 heteroatoms. The fourth-order valence-electron chi connectivity index (χ4n) is 4.89. The summed E-state index contributed by atoms with van der Waals surface area (Å²) in [6.45, 7) is 2.06. The second-order valence-electron chi connectivity index (χ2n) is 8.21. The highest BCUT2D eigenvalue weighted by Gasteiger charge is 2.44. The van der Waals surface area contributed by atoms with E-state index in [0.717, 1.165) is 36.8 Å². The van der Waals surface area contributed by atoms with Crippen molar-refractivity contribution in [2.24, 2.45) is 0 Å². The Balaban J connectivity index is 1.29. The van der Waals surface area contributed by atoms with Gasteiger partial charge in [0, 0.05) is 36.0 Å². The van der Waals surface area contributed by atoms with E-state index in [2.05, 4.69) is 39.1 Å². The van der Waals surface area contributed by atoms with Gasteiger partial charge in [-0.05, 0) is 50.3 Å². The highest BCUT2D eigenvalue weighted by atomic mass is 16.5. The van der Waals surface area contributed by atoms with Crippen molar-refractivity contribution in [2.45, 2.75) is 57.0 Å². The Kier molecular flexibility index (Phi) is 4.62. The van der Waals surface area contributed by atoms with Crippen LogP contribution in [0, 0.1) is 6.92 Å². The lowest BCUT2D eigenvalue weighted by molar-refractivity contribution is -0.135. The van der Waals surface area contributed by atoms with Gasteiger partial charge in [-0.3, -0.25) is 9.78 Å². The highest BCUT2D eigenvalue weighted by molar-refractivity contribution is 5.80. The quantitative estimate of drug-likeness (QED) is 0.677. The molecular weight excluding hydrogens is 364 g/mol. The molecule has 29 heavy (non-hydrogen) atoms. The van der Waals surface area contributed by atoms with Crippen LogP contribution in [0.4, 0.5) is 0 Å². The molecule has 2 aromatic heterocycles. The van der Waals surface area contributed by atoms with Gasteiger partial charge in [0.2, 0.25) is 17.6 Å². The molecule has 1 aromatic carbocycles. The Morgan fingerprint density at radius 2 is 1.90 bits per heavy atom. The van der Waals surface area contributed by atoms with Crippen LogP contribution < -0.4 is 0 Å². The van der Waals surface area contributed by atoms with Crippen molar-refractivity contribution >= 4 is 5.91 Å². The van der Waals surface area contributed by atoms with Crippen molar-refractivity contribution < 1.29 is 9.32 Å². The SMILES string of the molecule is Cc1cccc(CC(=O)N2[C@@H]3CC[C@H]2CC(c2nc(-c4ccncc4)no2)C3)c1. The molecule has 6 nitrogen and oxygen atoms in total. The van der Waals surface area contributed by atoms with Crippen molar-refractivity contribution in [1.82, 2.24) is 20.0 Å². The number of rotatable bonds is 4. The van der Waals surface area contributed by atoms with Crippen LogP contribution in [0.2, 0.25) is 0 Å². The van der Waals surface area contributed by atoms with E-state index in [4.69, 9.17) is 4.52 Å². The van der Waals surface area contributed by atoms with Crippen LogP contribution >= 0.6 is 0 Å². The maximum atomic E-state index is 13.0. The van der Waals surface area contributed by atoms with Crippen LogP contribution in [-0.4, -0.2) is 38.0 Å². The van der Waals surface area contributed by atoms with E-state index in [1.165, 1.54) is 5.56 Å². The lowest BCUT2D eigenvalue weighted by Crippen LogP contribution is -2.46. The molecule has 2 fully saturated rings. The van der Waals surface area contributed by atoms with Gasteiger partial charge in [0.1, 0.15) is 0 Å². The standard InChI is InChI=1S/C23H24N4O2/c1-15-3-2-4-16(11-15)12-21(28)27-19-5-6-20(27)14-18(13-19)23-25-22(26-29-23)17-7-9-24-10-8-17/h2-4,7-11,18-20H,5-6,12-14H2,1H3/t18?,19-,20+. The number of hydrogen-bond donors (Lipinski definition) is 0. The van der Waals surface area contributed by atoms with E-state index < -0.39 is 0 Å². The summed E-state index contributed by atoms with van der Waals surface area (Å²) in [6.07, 6.45) is 7.85. The Morgan fingerprint density at radius 3 is 2.62 bits per heavy atom. The number of aryl methyl sites for hydroxylation is 1. The van der Waals surface area contributed by atoms with Crippen LogP contribution in [-0.2, 0) is 11.2 Å². The number of carbonyl (C=O) groups is 1. The van der Waals surface area contributed by atoms with Gasteiger partial charge < -0.3 is 9.42 Å². The summed E-state index contributed by atoms with van der Waals surface area (Å²) < 4.78 is 5.60. The lowest BCUT2D eigenvalue weighted by Gasteiger charge is -2.38. The summed E-state index contributed by atoms with van der Waals surface area (Å²) in [5.74, 6) is 1.76. The monoisotopic (exact) mass is 388 g/mol. The summed E-state index contributed by atoms with van der Waals surface area (Å²) in [5, 5.41) is 4.16. The molecule has 1 unspecified atom stereocenters. The Bertz CT molecular complexity index is 1000. The zero-order chi connectivity index (χ0) is 19.8. The van der Waals surface area contributed by atoms with Crippen molar-refractivity contribution in [3.63, 3.8) is 0 Å². The number of fused-ring (bicyclic) bond motifs is 2. The second kappa shape index (κ2) is 7.43. The fraction of sp³-hybridized carbons (Fsp3) is 0.391. The van der Waals surface area contributed by atoms with E-state index in [0.29, 0.717) is 18.1 Å². The first kappa shape index (κ1) is 18.0. The number of pyridine rings is 1. The number of hydrogen-bond acceptors (Lipinski definition) is 5. The maximum Gasteiger partial charge on any atom is 0.230 e. The van der Waals surface area contributed by atoms with Gasteiger partial charge in [0.25, 0.3) is 0 Å². The summed E-state index contributed by atoms with van der Waals surface area (Å²) in [4.78, 5) is 23.8. The Labute approximate surface area is 170 Å². The van der Waals surface area contributed by atoms with E-state index in [1.807, 2.05) is 24.3 Å². The van der Waals surface area contributed by atoms with Crippen LogP contribution in [0.15, 0.2) is 53.3 Å². The van der Waals surface area contributed by atoms with E-state index >= 15 is 0 Å². The zero-order valence-corrected chi connectivity index (χ0v) is 16.5. The molecule has 2 aliphatic rings. The molecular formula is C23H24N4O2. The molecule has 1 amide bonds. The second-order valence-corrected chi connectivity index (χ2v) is 8.21. The van der Waals surface area contributed by atoms with Crippen LogP contribution in [0.1, 0.15) is 48.6 Å². The van der Waals surface area contributed by atoms with Crippen molar-refractivity contribution in [3.05, 3.63) is 65.8 Å². The first-order chi connectivity index (χ1) is 14.2. The van der Waals surface area contributed by atoms with Gasteiger partial charge >= 0.3 is 0 Å². The minimum absolute atomic E-state index is 0.221. The summed E-state index contributed by atoms with van der Waals surface area (Å²) in [7, 11) is 0. The molecule has 0 radical (unpaired) electrons. The van der Waals surface area contributed by atoms with Crippen LogP contribution in [0.25, 0.3) is 11.4 Å². The van der Waals surface area contributed by atoms with E-state index in [1.54, 1.807) is 12.4 Å². The normalized spacial score (nSPS) is 23.3. The summed E-state index contributed by atoms with van der Waals surface area (Å²) in [5.41, 5.74) is 3.19.